The van der Waals surface area contributed by atoms with Gasteiger partial charge < -0.3 is 10.5 Å². The second kappa shape index (κ2) is 6.48. The standard InChI is InChI=1S/C13H20FNO/c1-3-4-11(15)7-5-10-6-8-12(16-2)9-13(10)14/h6,8-9,11H,3-5,7,15H2,1-2H3. The number of halogens is 1. The molecular formula is C13H20FNO. The highest BCUT2D eigenvalue weighted by Gasteiger charge is 2.06. The van der Waals surface area contributed by atoms with Gasteiger partial charge in [0.2, 0.25) is 0 Å². The van der Waals surface area contributed by atoms with E-state index in [0.29, 0.717) is 17.7 Å². The molecule has 1 atom stereocenters. The van der Waals surface area contributed by atoms with Crippen LogP contribution in [0.2, 0.25) is 0 Å². The number of ether oxygens (including phenoxy) is 1. The van der Waals surface area contributed by atoms with Crippen molar-refractivity contribution in [2.24, 2.45) is 5.73 Å². The summed E-state index contributed by atoms with van der Waals surface area (Å²) in [5, 5.41) is 0. The van der Waals surface area contributed by atoms with Crippen LogP contribution in [0.3, 0.4) is 0 Å². The van der Waals surface area contributed by atoms with Crippen LogP contribution in [0.1, 0.15) is 31.7 Å². The maximum atomic E-state index is 13.6. The van der Waals surface area contributed by atoms with Crippen molar-refractivity contribution < 1.29 is 9.13 Å². The van der Waals surface area contributed by atoms with Gasteiger partial charge in [-0.25, -0.2) is 4.39 Å². The molecule has 16 heavy (non-hydrogen) atoms. The molecule has 0 saturated carbocycles. The predicted molar refractivity (Wildman–Crippen MR) is 64.2 cm³/mol. The molecule has 2 N–H and O–H groups in total. The monoisotopic (exact) mass is 225 g/mol. The van der Waals surface area contributed by atoms with Crippen molar-refractivity contribution in [2.75, 3.05) is 7.11 Å². The highest BCUT2D eigenvalue weighted by molar-refractivity contribution is 5.28. The van der Waals surface area contributed by atoms with Crippen LogP contribution in [-0.2, 0) is 6.42 Å². The molecule has 1 aromatic rings. The summed E-state index contributed by atoms with van der Waals surface area (Å²) in [6.07, 6.45) is 3.60. The molecule has 0 fully saturated rings. The molecule has 0 spiro atoms. The van der Waals surface area contributed by atoms with Gasteiger partial charge in [-0.2, -0.15) is 0 Å². The lowest BCUT2D eigenvalue weighted by Crippen LogP contribution is -2.20. The van der Waals surface area contributed by atoms with Gasteiger partial charge in [-0.15, -0.1) is 0 Å². The molecule has 0 aliphatic heterocycles. The Bertz CT molecular complexity index is 328. The Morgan fingerprint density at radius 1 is 1.38 bits per heavy atom. The Kier molecular flexibility index (Phi) is 5.26. The third-order valence-corrected chi connectivity index (χ3v) is 2.70. The summed E-state index contributed by atoms with van der Waals surface area (Å²) in [7, 11) is 1.53. The molecular weight excluding hydrogens is 205 g/mol. The van der Waals surface area contributed by atoms with E-state index in [1.165, 1.54) is 13.2 Å². The summed E-state index contributed by atoms with van der Waals surface area (Å²) in [6.45, 7) is 2.10. The Balaban J connectivity index is 2.54. The second-order valence-electron chi connectivity index (χ2n) is 4.04. The van der Waals surface area contributed by atoms with Crippen LogP contribution >= 0.6 is 0 Å². The largest absolute Gasteiger partial charge is 0.497 e. The van der Waals surface area contributed by atoms with Crippen molar-refractivity contribution >= 4 is 0 Å². The van der Waals surface area contributed by atoms with Crippen molar-refractivity contribution in [1.82, 2.24) is 0 Å². The smallest absolute Gasteiger partial charge is 0.130 e. The van der Waals surface area contributed by atoms with E-state index in [9.17, 15) is 4.39 Å². The highest BCUT2D eigenvalue weighted by Crippen LogP contribution is 2.18. The zero-order valence-electron chi connectivity index (χ0n) is 10.0. The fourth-order valence-electron chi connectivity index (χ4n) is 1.71. The average molecular weight is 225 g/mol. The van der Waals surface area contributed by atoms with E-state index >= 15 is 0 Å². The van der Waals surface area contributed by atoms with E-state index in [4.69, 9.17) is 10.5 Å². The summed E-state index contributed by atoms with van der Waals surface area (Å²) in [4.78, 5) is 0. The van der Waals surface area contributed by atoms with Crippen LogP contribution in [0, 0.1) is 5.82 Å². The van der Waals surface area contributed by atoms with Gasteiger partial charge in [-0.05, 0) is 30.9 Å². The molecule has 1 aromatic carbocycles. The molecule has 3 heteroatoms. The molecule has 0 bridgehead atoms. The molecule has 2 nitrogen and oxygen atoms in total. The first kappa shape index (κ1) is 13.0. The maximum absolute atomic E-state index is 13.6. The number of hydrogen-bond donors (Lipinski definition) is 1. The minimum Gasteiger partial charge on any atom is -0.497 e. The maximum Gasteiger partial charge on any atom is 0.130 e. The number of nitrogens with two attached hydrogens (primary N) is 1. The zero-order valence-corrected chi connectivity index (χ0v) is 10.0. The Hall–Kier alpha value is -1.09. The average Bonchev–Trinajstić information content (AvgIpc) is 2.27. The zero-order chi connectivity index (χ0) is 12.0. The van der Waals surface area contributed by atoms with Crippen molar-refractivity contribution in [3.05, 3.63) is 29.6 Å². The Labute approximate surface area is 96.6 Å². The molecule has 0 heterocycles. The molecule has 0 aliphatic rings. The quantitative estimate of drug-likeness (QED) is 0.808. The number of benzene rings is 1. The summed E-state index contributed by atoms with van der Waals surface area (Å²) >= 11 is 0. The summed E-state index contributed by atoms with van der Waals surface area (Å²) < 4.78 is 18.5. The molecule has 0 radical (unpaired) electrons. The van der Waals surface area contributed by atoms with Crippen LogP contribution in [0.4, 0.5) is 4.39 Å². The van der Waals surface area contributed by atoms with Gasteiger partial charge in [-0.1, -0.05) is 19.4 Å². The van der Waals surface area contributed by atoms with Gasteiger partial charge in [0.1, 0.15) is 11.6 Å². The minimum atomic E-state index is -0.206. The highest BCUT2D eigenvalue weighted by atomic mass is 19.1. The minimum absolute atomic E-state index is 0.173. The summed E-state index contributed by atoms with van der Waals surface area (Å²) in [5.41, 5.74) is 6.61. The SMILES string of the molecule is CCCC(N)CCc1ccc(OC)cc1F. The fraction of sp³-hybridized carbons (Fsp3) is 0.538. The first-order valence-electron chi connectivity index (χ1n) is 5.75. The molecule has 0 amide bonds. The van der Waals surface area contributed by atoms with Gasteiger partial charge in [0, 0.05) is 12.1 Å². The Morgan fingerprint density at radius 3 is 2.69 bits per heavy atom. The van der Waals surface area contributed by atoms with Gasteiger partial charge in [0.15, 0.2) is 0 Å². The Morgan fingerprint density at radius 2 is 2.12 bits per heavy atom. The van der Waals surface area contributed by atoms with Crippen LogP contribution < -0.4 is 10.5 Å². The third kappa shape index (κ3) is 3.81. The van der Waals surface area contributed by atoms with E-state index in [-0.39, 0.29) is 11.9 Å². The van der Waals surface area contributed by atoms with Crippen molar-refractivity contribution in [2.45, 2.75) is 38.6 Å². The van der Waals surface area contributed by atoms with Crippen LogP contribution in [0.25, 0.3) is 0 Å². The molecule has 0 saturated heterocycles. The van der Waals surface area contributed by atoms with Gasteiger partial charge in [0.25, 0.3) is 0 Å². The van der Waals surface area contributed by atoms with Crippen molar-refractivity contribution in [1.29, 1.82) is 0 Å². The van der Waals surface area contributed by atoms with E-state index < -0.39 is 0 Å². The lowest BCUT2D eigenvalue weighted by Gasteiger charge is -2.10. The first-order chi connectivity index (χ1) is 7.67. The van der Waals surface area contributed by atoms with Gasteiger partial charge in [0.05, 0.1) is 7.11 Å². The first-order valence-corrected chi connectivity index (χ1v) is 5.75. The predicted octanol–water partition coefficient (Wildman–Crippen LogP) is 2.89. The van der Waals surface area contributed by atoms with Crippen molar-refractivity contribution in [3.63, 3.8) is 0 Å². The third-order valence-electron chi connectivity index (χ3n) is 2.70. The van der Waals surface area contributed by atoms with Crippen LogP contribution in [0.15, 0.2) is 18.2 Å². The number of methoxy groups -OCH3 is 1. The normalized spacial score (nSPS) is 12.5. The number of rotatable bonds is 6. The lowest BCUT2D eigenvalue weighted by atomic mass is 10.0. The van der Waals surface area contributed by atoms with Gasteiger partial charge >= 0.3 is 0 Å². The fourth-order valence-corrected chi connectivity index (χ4v) is 1.71. The van der Waals surface area contributed by atoms with E-state index in [2.05, 4.69) is 6.92 Å². The van der Waals surface area contributed by atoms with Crippen LogP contribution in [-0.4, -0.2) is 13.2 Å². The van der Waals surface area contributed by atoms with Crippen molar-refractivity contribution in [3.8, 4) is 5.75 Å². The molecule has 90 valence electrons. The van der Waals surface area contributed by atoms with E-state index in [1.807, 2.05) is 0 Å². The second-order valence-corrected chi connectivity index (χ2v) is 4.04. The van der Waals surface area contributed by atoms with E-state index in [1.54, 1.807) is 12.1 Å². The van der Waals surface area contributed by atoms with Gasteiger partial charge in [-0.3, -0.25) is 0 Å². The van der Waals surface area contributed by atoms with E-state index in [0.717, 1.165) is 19.3 Å². The summed E-state index contributed by atoms with van der Waals surface area (Å²) in [5.74, 6) is 0.349. The van der Waals surface area contributed by atoms with Crippen LogP contribution in [0.5, 0.6) is 5.75 Å². The molecule has 0 aromatic heterocycles. The molecule has 0 aliphatic carbocycles. The molecule has 1 unspecified atom stereocenters. The number of aryl methyl sites for hydroxylation is 1. The molecule has 1 rings (SSSR count). The lowest BCUT2D eigenvalue weighted by molar-refractivity contribution is 0.410. The topological polar surface area (TPSA) is 35.2 Å². The summed E-state index contributed by atoms with van der Waals surface area (Å²) in [6, 6.07) is 5.14. The number of hydrogen-bond acceptors (Lipinski definition) is 2.